The van der Waals surface area contributed by atoms with Crippen molar-refractivity contribution in [2.45, 2.75) is 31.6 Å². The molecule has 0 aromatic heterocycles. The van der Waals surface area contributed by atoms with E-state index in [0.717, 1.165) is 0 Å². The summed E-state index contributed by atoms with van der Waals surface area (Å²) in [7, 11) is -2.29. The summed E-state index contributed by atoms with van der Waals surface area (Å²) in [5.74, 6) is -0.498. The SMILES string of the molecule is CCOC(=O)C1CCN(S(=O)(=O)c2ccc(OC)c(NC(C)=O)c2)CC1. The summed E-state index contributed by atoms with van der Waals surface area (Å²) in [6.45, 7) is 3.88. The molecule has 2 rings (SSSR count). The van der Waals surface area contributed by atoms with Gasteiger partial charge in [-0.25, -0.2) is 8.42 Å². The summed E-state index contributed by atoms with van der Waals surface area (Å²) < 4.78 is 37.3. The molecule has 1 heterocycles. The molecule has 1 saturated heterocycles. The van der Waals surface area contributed by atoms with Crippen molar-refractivity contribution in [2.24, 2.45) is 5.92 Å². The first kappa shape index (κ1) is 20.2. The molecule has 0 saturated carbocycles. The largest absolute Gasteiger partial charge is 0.495 e. The number of esters is 1. The predicted molar refractivity (Wildman–Crippen MR) is 95.4 cm³/mol. The fraction of sp³-hybridized carbons (Fsp3) is 0.529. The van der Waals surface area contributed by atoms with E-state index in [1.54, 1.807) is 6.92 Å². The Kier molecular flexibility index (Phi) is 6.60. The molecular weight excluding hydrogens is 360 g/mol. The Morgan fingerprint density at radius 2 is 1.92 bits per heavy atom. The second kappa shape index (κ2) is 8.50. The molecule has 0 atom stereocenters. The lowest BCUT2D eigenvalue weighted by molar-refractivity contribution is -0.149. The van der Waals surface area contributed by atoms with Crippen LogP contribution < -0.4 is 10.1 Å². The Labute approximate surface area is 153 Å². The molecule has 0 unspecified atom stereocenters. The van der Waals surface area contributed by atoms with E-state index < -0.39 is 10.0 Å². The number of hydrogen-bond donors (Lipinski definition) is 1. The number of benzene rings is 1. The first-order chi connectivity index (χ1) is 12.3. The molecule has 9 heteroatoms. The Hall–Kier alpha value is -2.13. The number of amides is 1. The van der Waals surface area contributed by atoms with Crippen LogP contribution in [0.3, 0.4) is 0 Å². The van der Waals surface area contributed by atoms with Gasteiger partial charge in [-0.3, -0.25) is 9.59 Å². The number of rotatable bonds is 6. The van der Waals surface area contributed by atoms with Crippen LogP contribution in [-0.2, 0) is 24.3 Å². The average molecular weight is 384 g/mol. The number of hydrogen-bond acceptors (Lipinski definition) is 6. The minimum atomic E-state index is -3.73. The van der Waals surface area contributed by atoms with Crippen molar-refractivity contribution in [1.29, 1.82) is 0 Å². The predicted octanol–water partition coefficient (Wildman–Crippen LogP) is 1.62. The molecule has 1 aliphatic heterocycles. The van der Waals surface area contributed by atoms with Crippen molar-refractivity contribution < 1.29 is 27.5 Å². The highest BCUT2D eigenvalue weighted by atomic mass is 32.2. The van der Waals surface area contributed by atoms with Gasteiger partial charge in [0.15, 0.2) is 0 Å². The lowest BCUT2D eigenvalue weighted by Crippen LogP contribution is -2.40. The van der Waals surface area contributed by atoms with Crippen LogP contribution in [0.25, 0.3) is 0 Å². The van der Waals surface area contributed by atoms with Crippen molar-refractivity contribution >= 4 is 27.6 Å². The molecule has 0 bridgehead atoms. The van der Waals surface area contributed by atoms with Gasteiger partial charge < -0.3 is 14.8 Å². The Morgan fingerprint density at radius 3 is 2.46 bits per heavy atom. The monoisotopic (exact) mass is 384 g/mol. The van der Waals surface area contributed by atoms with Crippen LogP contribution in [0.4, 0.5) is 5.69 Å². The number of nitrogens with one attached hydrogen (secondary N) is 1. The van der Waals surface area contributed by atoms with Gasteiger partial charge in [0.1, 0.15) is 5.75 Å². The van der Waals surface area contributed by atoms with Crippen LogP contribution in [0.5, 0.6) is 5.75 Å². The molecule has 144 valence electrons. The smallest absolute Gasteiger partial charge is 0.309 e. The van der Waals surface area contributed by atoms with Crippen LogP contribution in [-0.4, -0.2) is 51.4 Å². The van der Waals surface area contributed by atoms with E-state index >= 15 is 0 Å². The molecule has 8 nitrogen and oxygen atoms in total. The average Bonchev–Trinajstić information content (AvgIpc) is 2.61. The standard InChI is InChI=1S/C17H24N2O6S/c1-4-25-17(21)13-7-9-19(10-8-13)26(22,23)14-5-6-16(24-3)15(11-14)18-12(2)20/h5-6,11,13H,4,7-10H2,1-3H3,(H,18,20). The molecule has 26 heavy (non-hydrogen) atoms. The lowest BCUT2D eigenvalue weighted by Gasteiger charge is -2.30. The quantitative estimate of drug-likeness (QED) is 0.748. The minimum Gasteiger partial charge on any atom is -0.495 e. The van der Waals surface area contributed by atoms with Crippen LogP contribution in [0.1, 0.15) is 26.7 Å². The molecule has 1 N–H and O–H groups in total. The van der Waals surface area contributed by atoms with E-state index in [1.165, 1.54) is 36.5 Å². The van der Waals surface area contributed by atoms with E-state index in [9.17, 15) is 18.0 Å². The van der Waals surface area contributed by atoms with Crippen molar-refractivity contribution in [3.05, 3.63) is 18.2 Å². The van der Waals surface area contributed by atoms with Gasteiger partial charge in [-0.2, -0.15) is 4.31 Å². The third kappa shape index (κ3) is 4.53. The van der Waals surface area contributed by atoms with E-state index in [2.05, 4.69) is 5.32 Å². The van der Waals surface area contributed by atoms with Crippen LogP contribution in [0, 0.1) is 5.92 Å². The summed E-state index contributed by atoms with van der Waals surface area (Å²) in [6.07, 6.45) is 0.847. The van der Waals surface area contributed by atoms with Gasteiger partial charge in [-0.1, -0.05) is 0 Å². The molecule has 0 aliphatic carbocycles. The molecule has 1 fully saturated rings. The fourth-order valence-electron chi connectivity index (χ4n) is 2.88. The number of nitrogens with zero attached hydrogens (tertiary/aromatic N) is 1. The molecular formula is C17H24N2O6S. The highest BCUT2D eigenvalue weighted by molar-refractivity contribution is 7.89. The van der Waals surface area contributed by atoms with E-state index in [-0.39, 0.29) is 35.8 Å². The first-order valence-electron chi connectivity index (χ1n) is 8.42. The van der Waals surface area contributed by atoms with Gasteiger partial charge in [-0.15, -0.1) is 0 Å². The van der Waals surface area contributed by atoms with Crippen molar-refractivity contribution in [3.63, 3.8) is 0 Å². The van der Waals surface area contributed by atoms with Gasteiger partial charge in [-0.05, 0) is 38.0 Å². The van der Waals surface area contributed by atoms with Gasteiger partial charge in [0, 0.05) is 20.0 Å². The Balaban J connectivity index is 2.18. The molecule has 0 radical (unpaired) electrons. The van der Waals surface area contributed by atoms with Gasteiger partial charge in [0.05, 0.1) is 30.2 Å². The second-order valence-electron chi connectivity index (χ2n) is 5.97. The number of sulfonamides is 1. The zero-order chi connectivity index (χ0) is 19.3. The molecule has 1 amide bonds. The van der Waals surface area contributed by atoms with Crippen molar-refractivity contribution in [3.8, 4) is 5.75 Å². The normalized spacial score (nSPS) is 16.1. The number of carbonyl (C=O) groups is 2. The van der Waals surface area contributed by atoms with Crippen LogP contribution in [0.2, 0.25) is 0 Å². The third-order valence-corrected chi connectivity index (χ3v) is 6.09. The van der Waals surface area contributed by atoms with Gasteiger partial charge >= 0.3 is 5.97 Å². The highest BCUT2D eigenvalue weighted by Gasteiger charge is 2.33. The number of anilines is 1. The maximum Gasteiger partial charge on any atom is 0.309 e. The van der Waals surface area contributed by atoms with Gasteiger partial charge in [0.25, 0.3) is 0 Å². The second-order valence-corrected chi connectivity index (χ2v) is 7.91. The summed E-state index contributed by atoms with van der Waals surface area (Å²) in [6, 6.07) is 4.33. The van der Waals surface area contributed by atoms with Crippen LogP contribution in [0.15, 0.2) is 23.1 Å². The number of methoxy groups -OCH3 is 1. The van der Waals surface area contributed by atoms with E-state index in [0.29, 0.717) is 30.9 Å². The molecule has 0 spiro atoms. The van der Waals surface area contributed by atoms with Gasteiger partial charge in [0.2, 0.25) is 15.9 Å². The topological polar surface area (TPSA) is 102 Å². The van der Waals surface area contributed by atoms with E-state index in [1.807, 2.05) is 0 Å². The number of ether oxygens (including phenoxy) is 2. The zero-order valence-corrected chi connectivity index (χ0v) is 16.0. The first-order valence-corrected chi connectivity index (χ1v) is 9.86. The van der Waals surface area contributed by atoms with Crippen molar-refractivity contribution in [2.75, 3.05) is 32.1 Å². The zero-order valence-electron chi connectivity index (χ0n) is 15.1. The van der Waals surface area contributed by atoms with E-state index in [4.69, 9.17) is 9.47 Å². The Bertz CT molecular complexity index is 769. The summed E-state index contributed by atoms with van der Waals surface area (Å²) in [5.41, 5.74) is 0.294. The fourth-order valence-corrected chi connectivity index (χ4v) is 4.37. The lowest BCUT2D eigenvalue weighted by atomic mass is 9.98. The molecule has 1 aliphatic rings. The maximum absolute atomic E-state index is 12.9. The van der Waals surface area contributed by atoms with Crippen LogP contribution >= 0.6 is 0 Å². The summed E-state index contributed by atoms with van der Waals surface area (Å²) in [4.78, 5) is 23.2. The summed E-state index contributed by atoms with van der Waals surface area (Å²) in [5, 5.41) is 2.57. The van der Waals surface area contributed by atoms with Crippen molar-refractivity contribution in [1.82, 2.24) is 4.31 Å². The molecule has 1 aromatic carbocycles. The Morgan fingerprint density at radius 1 is 1.27 bits per heavy atom. The minimum absolute atomic E-state index is 0.0663. The molecule has 1 aromatic rings. The maximum atomic E-state index is 12.9. The third-order valence-electron chi connectivity index (χ3n) is 4.19. The number of piperidine rings is 1. The summed E-state index contributed by atoms with van der Waals surface area (Å²) >= 11 is 0. The highest BCUT2D eigenvalue weighted by Crippen LogP contribution is 2.30. The number of carbonyl (C=O) groups excluding carboxylic acids is 2.